The molecule has 0 aliphatic heterocycles. The summed E-state index contributed by atoms with van der Waals surface area (Å²) in [5, 5.41) is 0. The van der Waals surface area contributed by atoms with E-state index in [1.165, 1.54) is 0 Å². The topological polar surface area (TPSA) is 56.8 Å². The first-order valence-electron chi connectivity index (χ1n) is 6.38. The molecule has 0 fully saturated rings. The van der Waals surface area contributed by atoms with Gasteiger partial charge in [-0.15, -0.1) is 0 Å². The van der Waals surface area contributed by atoms with Crippen LogP contribution in [0, 0.1) is 5.92 Å². The molecule has 0 radical (unpaired) electrons. The average Bonchev–Trinajstić information content (AvgIpc) is 2.37. The van der Waals surface area contributed by atoms with Crippen molar-refractivity contribution in [3.05, 3.63) is 24.3 Å². The lowest BCUT2D eigenvalue weighted by molar-refractivity contribution is -0.136. The average molecular weight is 267 g/mol. The van der Waals surface area contributed by atoms with Crippen LogP contribution in [-0.4, -0.2) is 25.7 Å². The molecule has 19 heavy (non-hydrogen) atoms. The predicted molar refractivity (Wildman–Crippen MR) is 72.0 cm³/mol. The van der Waals surface area contributed by atoms with E-state index < -0.39 is 0 Å². The zero-order valence-corrected chi connectivity index (χ0v) is 11.6. The van der Waals surface area contributed by atoms with Gasteiger partial charge in [-0.25, -0.2) is 5.48 Å². The quantitative estimate of drug-likeness (QED) is 0.733. The molecule has 0 saturated heterocycles. The number of para-hydroxylation sites is 2. The number of ether oxygens (including phenoxy) is 2. The number of carbonyl (C=O) groups is 1. The number of rotatable bonds is 8. The van der Waals surface area contributed by atoms with Gasteiger partial charge in [0, 0.05) is 0 Å². The molecular formula is C14H21NO4. The van der Waals surface area contributed by atoms with Gasteiger partial charge in [0.25, 0.3) is 5.91 Å². The molecule has 0 bridgehead atoms. The lowest BCUT2D eigenvalue weighted by Gasteiger charge is -2.12. The summed E-state index contributed by atoms with van der Waals surface area (Å²) in [4.78, 5) is 16.5. The Morgan fingerprint density at radius 2 is 1.84 bits per heavy atom. The first kappa shape index (κ1) is 15.3. The highest BCUT2D eigenvalue weighted by molar-refractivity contribution is 5.76. The largest absolute Gasteiger partial charge is 0.490 e. The van der Waals surface area contributed by atoms with E-state index in [1.807, 2.05) is 32.9 Å². The normalized spacial score (nSPS) is 10.3. The molecule has 106 valence electrons. The van der Waals surface area contributed by atoms with Crippen LogP contribution in [0.2, 0.25) is 0 Å². The summed E-state index contributed by atoms with van der Waals surface area (Å²) in [5.74, 6) is 1.20. The SMILES string of the molecule is CCOc1ccccc1OCC(=O)NOCC(C)C. The van der Waals surface area contributed by atoms with Crippen LogP contribution in [0.5, 0.6) is 11.5 Å². The van der Waals surface area contributed by atoms with Crippen molar-refractivity contribution in [2.45, 2.75) is 20.8 Å². The molecule has 5 nitrogen and oxygen atoms in total. The summed E-state index contributed by atoms with van der Waals surface area (Å²) in [7, 11) is 0. The van der Waals surface area contributed by atoms with E-state index in [4.69, 9.17) is 14.3 Å². The van der Waals surface area contributed by atoms with E-state index in [2.05, 4.69) is 5.48 Å². The molecule has 0 aliphatic rings. The second-order valence-corrected chi connectivity index (χ2v) is 4.40. The summed E-state index contributed by atoms with van der Waals surface area (Å²) in [5.41, 5.74) is 2.33. The Morgan fingerprint density at radius 1 is 1.21 bits per heavy atom. The van der Waals surface area contributed by atoms with E-state index in [-0.39, 0.29) is 12.5 Å². The standard InChI is InChI=1S/C14H21NO4/c1-4-17-12-7-5-6-8-13(12)18-10-14(16)15-19-9-11(2)3/h5-8,11H,4,9-10H2,1-3H3,(H,15,16). The van der Waals surface area contributed by atoms with E-state index >= 15 is 0 Å². The molecule has 0 atom stereocenters. The van der Waals surface area contributed by atoms with Crippen LogP contribution in [0.1, 0.15) is 20.8 Å². The Kier molecular flexibility index (Phi) is 6.74. The van der Waals surface area contributed by atoms with Crippen molar-refractivity contribution in [2.24, 2.45) is 5.92 Å². The fraction of sp³-hybridized carbons (Fsp3) is 0.500. The van der Waals surface area contributed by atoms with Gasteiger partial charge >= 0.3 is 0 Å². The zero-order chi connectivity index (χ0) is 14.1. The smallest absolute Gasteiger partial charge is 0.281 e. The van der Waals surface area contributed by atoms with Crippen LogP contribution >= 0.6 is 0 Å². The second kappa shape index (κ2) is 8.37. The van der Waals surface area contributed by atoms with Gasteiger partial charge in [0.2, 0.25) is 0 Å². The predicted octanol–water partition coefficient (Wildman–Crippen LogP) is 2.17. The Labute approximate surface area is 113 Å². The Bertz CT molecular complexity index is 393. The van der Waals surface area contributed by atoms with E-state index in [9.17, 15) is 4.79 Å². The first-order valence-corrected chi connectivity index (χ1v) is 6.38. The zero-order valence-electron chi connectivity index (χ0n) is 11.6. The van der Waals surface area contributed by atoms with Crippen molar-refractivity contribution in [1.29, 1.82) is 0 Å². The fourth-order valence-corrected chi connectivity index (χ4v) is 1.31. The van der Waals surface area contributed by atoms with Crippen LogP contribution in [0.25, 0.3) is 0 Å². The fourth-order valence-electron chi connectivity index (χ4n) is 1.31. The monoisotopic (exact) mass is 267 g/mol. The molecule has 0 aromatic heterocycles. The molecule has 0 aliphatic carbocycles. The van der Waals surface area contributed by atoms with Crippen molar-refractivity contribution in [3.63, 3.8) is 0 Å². The molecule has 1 N–H and O–H groups in total. The van der Waals surface area contributed by atoms with E-state index in [0.717, 1.165) is 0 Å². The maximum absolute atomic E-state index is 11.5. The van der Waals surface area contributed by atoms with Crippen molar-refractivity contribution in [2.75, 3.05) is 19.8 Å². The van der Waals surface area contributed by atoms with Gasteiger partial charge in [-0.05, 0) is 25.0 Å². The second-order valence-electron chi connectivity index (χ2n) is 4.40. The number of hydroxylamine groups is 1. The molecule has 1 aromatic carbocycles. The number of hydrogen-bond donors (Lipinski definition) is 1. The summed E-state index contributed by atoms with van der Waals surface area (Å²) in [6.45, 7) is 6.80. The molecule has 0 saturated carbocycles. The minimum Gasteiger partial charge on any atom is -0.490 e. The number of carbonyl (C=O) groups excluding carboxylic acids is 1. The molecule has 1 aromatic rings. The van der Waals surface area contributed by atoms with Crippen molar-refractivity contribution < 1.29 is 19.1 Å². The Morgan fingerprint density at radius 3 is 2.42 bits per heavy atom. The summed E-state index contributed by atoms with van der Waals surface area (Å²) < 4.78 is 10.8. The molecule has 0 unspecified atom stereocenters. The Hall–Kier alpha value is -1.75. The van der Waals surface area contributed by atoms with Gasteiger partial charge in [0.05, 0.1) is 13.2 Å². The third-order valence-electron chi connectivity index (χ3n) is 2.11. The Balaban J connectivity index is 2.37. The van der Waals surface area contributed by atoms with Gasteiger partial charge in [-0.2, -0.15) is 0 Å². The van der Waals surface area contributed by atoms with Gasteiger partial charge < -0.3 is 9.47 Å². The molecule has 1 amide bonds. The van der Waals surface area contributed by atoms with E-state index in [0.29, 0.717) is 30.6 Å². The lowest BCUT2D eigenvalue weighted by atomic mass is 10.2. The van der Waals surface area contributed by atoms with Crippen molar-refractivity contribution in [3.8, 4) is 11.5 Å². The highest BCUT2D eigenvalue weighted by Gasteiger charge is 2.07. The van der Waals surface area contributed by atoms with Crippen LogP contribution in [-0.2, 0) is 9.63 Å². The summed E-state index contributed by atoms with van der Waals surface area (Å²) in [6.07, 6.45) is 0. The van der Waals surface area contributed by atoms with E-state index in [1.54, 1.807) is 12.1 Å². The van der Waals surface area contributed by atoms with Gasteiger partial charge in [0.1, 0.15) is 0 Å². The van der Waals surface area contributed by atoms with Crippen molar-refractivity contribution >= 4 is 5.91 Å². The summed E-state index contributed by atoms with van der Waals surface area (Å²) in [6, 6.07) is 7.23. The molecule has 5 heteroatoms. The maximum atomic E-state index is 11.5. The lowest BCUT2D eigenvalue weighted by Crippen LogP contribution is -2.30. The molecule has 1 rings (SSSR count). The van der Waals surface area contributed by atoms with Crippen LogP contribution in [0.4, 0.5) is 0 Å². The highest BCUT2D eigenvalue weighted by atomic mass is 16.7. The molecule has 0 spiro atoms. The first-order chi connectivity index (χ1) is 9.13. The minimum atomic E-state index is -0.327. The van der Waals surface area contributed by atoms with Crippen LogP contribution in [0.15, 0.2) is 24.3 Å². The third-order valence-corrected chi connectivity index (χ3v) is 2.11. The van der Waals surface area contributed by atoms with Gasteiger partial charge in [0.15, 0.2) is 18.1 Å². The molecule has 0 heterocycles. The molecular weight excluding hydrogens is 246 g/mol. The maximum Gasteiger partial charge on any atom is 0.281 e. The minimum absolute atomic E-state index is 0.109. The van der Waals surface area contributed by atoms with Gasteiger partial charge in [-0.1, -0.05) is 26.0 Å². The number of benzene rings is 1. The number of amides is 1. The highest BCUT2D eigenvalue weighted by Crippen LogP contribution is 2.26. The third kappa shape index (κ3) is 6.10. The number of nitrogens with one attached hydrogen (secondary N) is 1. The van der Waals surface area contributed by atoms with Crippen LogP contribution < -0.4 is 15.0 Å². The van der Waals surface area contributed by atoms with Gasteiger partial charge in [-0.3, -0.25) is 9.63 Å². The summed E-state index contributed by atoms with van der Waals surface area (Å²) >= 11 is 0. The van der Waals surface area contributed by atoms with Crippen molar-refractivity contribution in [1.82, 2.24) is 5.48 Å². The number of hydrogen-bond acceptors (Lipinski definition) is 4. The van der Waals surface area contributed by atoms with Crippen LogP contribution in [0.3, 0.4) is 0 Å².